The number of hydrogen-bond acceptors (Lipinski definition) is 5. The van der Waals surface area contributed by atoms with E-state index < -0.39 is 5.72 Å². The number of thioether (sulfide) groups is 1. The number of carbonyl (C=O) groups excluding carboxylic acids is 1. The number of anilines is 1. The number of amides is 2. The number of nitrogens with one attached hydrogen (secondary N) is 2. The van der Waals surface area contributed by atoms with E-state index in [0.29, 0.717) is 18.1 Å². The Kier molecular flexibility index (Phi) is 5.23. The molecule has 2 rings (SSSR count). The maximum atomic E-state index is 11.6. The molecule has 1 aromatic heterocycles. The highest BCUT2D eigenvalue weighted by molar-refractivity contribution is 9.10. The molecule has 0 radical (unpaired) electrons. The summed E-state index contributed by atoms with van der Waals surface area (Å²) in [5, 5.41) is 16.0. The van der Waals surface area contributed by atoms with Crippen molar-refractivity contribution >= 4 is 44.6 Å². The van der Waals surface area contributed by atoms with Crippen LogP contribution in [0.2, 0.25) is 0 Å². The van der Waals surface area contributed by atoms with E-state index in [1.807, 2.05) is 6.92 Å². The molecule has 114 valence electrons. The van der Waals surface area contributed by atoms with Gasteiger partial charge in [0.15, 0.2) is 5.72 Å². The average molecular weight is 373 g/mol. The molecule has 0 saturated heterocycles. The number of aliphatic hydroxyl groups is 1. The molecule has 21 heavy (non-hydrogen) atoms. The van der Waals surface area contributed by atoms with Gasteiger partial charge in [0, 0.05) is 28.5 Å². The lowest BCUT2D eigenvalue weighted by molar-refractivity contribution is 0.0989. The molecule has 0 aliphatic carbocycles. The molecule has 1 aliphatic heterocycles. The van der Waals surface area contributed by atoms with Gasteiger partial charge in [-0.2, -0.15) is 0 Å². The van der Waals surface area contributed by atoms with Gasteiger partial charge in [-0.25, -0.2) is 14.8 Å². The van der Waals surface area contributed by atoms with Gasteiger partial charge in [0.05, 0.1) is 0 Å². The van der Waals surface area contributed by atoms with E-state index in [9.17, 15) is 9.90 Å². The maximum absolute atomic E-state index is 11.6. The maximum Gasteiger partial charge on any atom is 0.320 e. The number of nitrogens with zero attached hydrogens (tertiary/aromatic N) is 2. The van der Waals surface area contributed by atoms with Crippen LogP contribution in [0.3, 0.4) is 0 Å². The predicted octanol–water partition coefficient (Wildman–Crippen LogP) is 2.58. The van der Waals surface area contributed by atoms with Crippen LogP contribution in [0.4, 0.5) is 10.6 Å². The molecular weight excluding hydrogens is 356 g/mol. The summed E-state index contributed by atoms with van der Waals surface area (Å²) < 4.78 is 0.769. The number of carbonyl (C=O) groups is 1. The zero-order valence-electron chi connectivity index (χ0n) is 11.8. The van der Waals surface area contributed by atoms with Crippen molar-refractivity contribution in [2.75, 3.05) is 17.6 Å². The number of halogens is 1. The SMILES string of the molecule is CCCNC(=O)Nc1cc(C2=NC(C)(O)CS2)c(Br)cn1. The number of pyridine rings is 1. The standard InChI is InChI=1S/C13H17BrN4O2S/c1-3-4-15-12(19)17-10-5-8(9(14)6-16-10)11-18-13(2,20)7-21-11/h5-6,20H,3-4,7H2,1-2H3,(H2,15,16,17,19). The zero-order valence-corrected chi connectivity index (χ0v) is 14.2. The molecule has 0 bridgehead atoms. The second-order valence-corrected chi connectivity index (χ2v) is 6.67. The summed E-state index contributed by atoms with van der Waals surface area (Å²) in [4.78, 5) is 20.1. The molecule has 2 heterocycles. The van der Waals surface area contributed by atoms with Crippen LogP contribution in [0.1, 0.15) is 25.8 Å². The number of aromatic nitrogens is 1. The van der Waals surface area contributed by atoms with Crippen molar-refractivity contribution in [3.8, 4) is 0 Å². The lowest BCUT2D eigenvalue weighted by atomic mass is 10.2. The third kappa shape index (κ3) is 4.42. The Labute approximate surface area is 136 Å². The summed E-state index contributed by atoms with van der Waals surface area (Å²) in [6.07, 6.45) is 2.48. The van der Waals surface area contributed by atoms with Crippen molar-refractivity contribution in [2.45, 2.75) is 26.0 Å². The Balaban J connectivity index is 2.17. The number of aliphatic imine (C=N–C) groups is 1. The first-order valence-corrected chi connectivity index (χ1v) is 8.35. The van der Waals surface area contributed by atoms with Crippen LogP contribution in [0.25, 0.3) is 0 Å². The Morgan fingerprint density at radius 3 is 3.00 bits per heavy atom. The quantitative estimate of drug-likeness (QED) is 0.757. The van der Waals surface area contributed by atoms with Crippen molar-refractivity contribution in [3.05, 3.63) is 22.3 Å². The number of hydrogen-bond donors (Lipinski definition) is 3. The summed E-state index contributed by atoms with van der Waals surface area (Å²) in [5.74, 6) is 0.952. The highest BCUT2D eigenvalue weighted by atomic mass is 79.9. The van der Waals surface area contributed by atoms with E-state index in [1.165, 1.54) is 11.8 Å². The van der Waals surface area contributed by atoms with Crippen LogP contribution in [0.5, 0.6) is 0 Å². The third-order valence-corrected chi connectivity index (χ3v) is 4.60. The Morgan fingerprint density at radius 1 is 1.62 bits per heavy atom. The van der Waals surface area contributed by atoms with Gasteiger partial charge in [0.2, 0.25) is 0 Å². The highest BCUT2D eigenvalue weighted by Gasteiger charge is 2.29. The van der Waals surface area contributed by atoms with Crippen molar-refractivity contribution < 1.29 is 9.90 Å². The fourth-order valence-corrected chi connectivity index (χ4v) is 3.29. The molecule has 3 N–H and O–H groups in total. The fourth-order valence-electron chi connectivity index (χ4n) is 1.70. The Morgan fingerprint density at radius 2 is 2.38 bits per heavy atom. The van der Waals surface area contributed by atoms with Gasteiger partial charge in [-0.1, -0.05) is 6.92 Å². The van der Waals surface area contributed by atoms with Gasteiger partial charge in [-0.05, 0) is 35.3 Å². The lowest BCUT2D eigenvalue weighted by Crippen LogP contribution is -2.29. The fraction of sp³-hybridized carbons (Fsp3) is 0.462. The third-order valence-electron chi connectivity index (χ3n) is 2.69. The van der Waals surface area contributed by atoms with Gasteiger partial charge in [-0.15, -0.1) is 11.8 Å². The normalized spacial score (nSPS) is 21.0. The molecule has 1 aliphatic rings. The second kappa shape index (κ2) is 6.76. The zero-order chi connectivity index (χ0) is 15.5. The molecule has 0 spiro atoms. The minimum atomic E-state index is -1.05. The van der Waals surface area contributed by atoms with Crippen LogP contribution in [-0.2, 0) is 0 Å². The highest BCUT2D eigenvalue weighted by Crippen LogP contribution is 2.32. The Bertz CT molecular complexity index is 577. The van der Waals surface area contributed by atoms with E-state index >= 15 is 0 Å². The molecule has 6 nitrogen and oxygen atoms in total. The molecular formula is C13H17BrN4O2S. The van der Waals surface area contributed by atoms with E-state index in [2.05, 4.69) is 36.5 Å². The number of rotatable bonds is 4. The lowest BCUT2D eigenvalue weighted by Gasteiger charge is -2.09. The van der Waals surface area contributed by atoms with Crippen molar-refractivity contribution in [2.24, 2.45) is 4.99 Å². The summed E-state index contributed by atoms with van der Waals surface area (Å²) in [7, 11) is 0. The van der Waals surface area contributed by atoms with Gasteiger partial charge in [0.25, 0.3) is 0 Å². The van der Waals surface area contributed by atoms with Gasteiger partial charge < -0.3 is 10.4 Å². The van der Waals surface area contributed by atoms with Crippen LogP contribution in [0.15, 0.2) is 21.7 Å². The molecule has 1 aromatic rings. The van der Waals surface area contributed by atoms with Crippen molar-refractivity contribution in [1.82, 2.24) is 10.3 Å². The van der Waals surface area contributed by atoms with Crippen LogP contribution in [-0.4, -0.2) is 39.2 Å². The van der Waals surface area contributed by atoms with Gasteiger partial charge in [-0.3, -0.25) is 5.32 Å². The second-order valence-electron chi connectivity index (χ2n) is 4.85. The molecule has 1 unspecified atom stereocenters. The van der Waals surface area contributed by atoms with Crippen LogP contribution >= 0.6 is 27.7 Å². The molecule has 0 fully saturated rings. The summed E-state index contributed by atoms with van der Waals surface area (Å²) >= 11 is 4.89. The van der Waals surface area contributed by atoms with E-state index in [-0.39, 0.29) is 6.03 Å². The summed E-state index contributed by atoms with van der Waals surface area (Å²) in [6.45, 7) is 4.26. The Hall–Kier alpha value is -1.12. The molecule has 1 atom stereocenters. The van der Waals surface area contributed by atoms with Crippen LogP contribution in [0, 0.1) is 0 Å². The van der Waals surface area contributed by atoms with E-state index in [0.717, 1.165) is 21.5 Å². The average Bonchev–Trinajstić information content (AvgIpc) is 2.79. The van der Waals surface area contributed by atoms with Gasteiger partial charge >= 0.3 is 6.03 Å². The molecule has 8 heteroatoms. The van der Waals surface area contributed by atoms with E-state index in [4.69, 9.17) is 0 Å². The predicted molar refractivity (Wildman–Crippen MR) is 88.9 cm³/mol. The van der Waals surface area contributed by atoms with Gasteiger partial charge in [0.1, 0.15) is 10.9 Å². The molecule has 2 amide bonds. The molecule has 0 aromatic carbocycles. The number of urea groups is 1. The first-order chi connectivity index (χ1) is 9.91. The minimum absolute atomic E-state index is 0.286. The smallest absolute Gasteiger partial charge is 0.320 e. The van der Waals surface area contributed by atoms with Crippen LogP contribution < -0.4 is 10.6 Å². The largest absolute Gasteiger partial charge is 0.369 e. The van der Waals surface area contributed by atoms with Crippen molar-refractivity contribution in [1.29, 1.82) is 0 Å². The monoisotopic (exact) mass is 372 g/mol. The minimum Gasteiger partial charge on any atom is -0.369 e. The summed E-state index contributed by atoms with van der Waals surface area (Å²) in [6, 6.07) is 1.45. The molecule has 0 saturated carbocycles. The summed E-state index contributed by atoms with van der Waals surface area (Å²) in [5.41, 5.74) is -0.243. The van der Waals surface area contributed by atoms with E-state index in [1.54, 1.807) is 19.2 Å². The topological polar surface area (TPSA) is 86.6 Å². The van der Waals surface area contributed by atoms with Crippen molar-refractivity contribution in [3.63, 3.8) is 0 Å². The first kappa shape index (κ1) is 16.3. The first-order valence-electron chi connectivity index (χ1n) is 6.57.